The third-order valence-electron chi connectivity index (χ3n) is 6.28. The monoisotopic (exact) mass is 579 g/mol. The second kappa shape index (κ2) is 14.9. The van der Waals surface area contributed by atoms with Crippen molar-refractivity contribution in [2.24, 2.45) is 11.5 Å². The van der Waals surface area contributed by atoms with Crippen molar-refractivity contribution in [1.82, 2.24) is 25.9 Å². The summed E-state index contributed by atoms with van der Waals surface area (Å²) in [6, 6.07) is 9.71. The van der Waals surface area contributed by atoms with Crippen LogP contribution in [0.15, 0.2) is 67.1 Å². The molecule has 10 N–H and O–H groups in total. The number of phenols is 1. The van der Waals surface area contributed by atoms with E-state index in [4.69, 9.17) is 11.5 Å². The largest absolute Gasteiger partial charge is 0.508 e. The Morgan fingerprint density at radius 2 is 1.36 bits per heavy atom. The molecule has 0 radical (unpaired) electrons. The van der Waals surface area contributed by atoms with Gasteiger partial charge in [0.25, 0.3) is 0 Å². The highest BCUT2D eigenvalue weighted by Crippen LogP contribution is 2.11. The zero-order chi connectivity index (χ0) is 30.6. The number of nitrogens with two attached hydrogens (primary N) is 2. The lowest BCUT2D eigenvalue weighted by molar-refractivity contribution is -0.143. The van der Waals surface area contributed by atoms with E-state index in [-0.39, 0.29) is 25.0 Å². The first-order valence-corrected chi connectivity index (χ1v) is 13.0. The van der Waals surface area contributed by atoms with Crippen molar-refractivity contribution in [3.63, 3.8) is 0 Å². The smallest absolute Gasteiger partial charge is 0.326 e. The molecule has 0 saturated heterocycles. The Bertz CT molecular complexity index is 1370. The van der Waals surface area contributed by atoms with Gasteiger partial charge >= 0.3 is 5.97 Å². The molecule has 14 nitrogen and oxygen atoms in total. The Morgan fingerprint density at radius 3 is 1.93 bits per heavy atom. The van der Waals surface area contributed by atoms with Gasteiger partial charge in [0.15, 0.2) is 0 Å². The molecule has 1 heterocycles. The fraction of sp³-hybridized carbons (Fsp3) is 0.286. The minimum atomic E-state index is -1.61. The van der Waals surface area contributed by atoms with Crippen molar-refractivity contribution in [3.05, 3.63) is 83.9 Å². The average Bonchev–Trinajstić information content (AvgIpc) is 3.46. The van der Waals surface area contributed by atoms with Crippen molar-refractivity contribution < 1.29 is 34.2 Å². The molecule has 0 aliphatic rings. The van der Waals surface area contributed by atoms with Gasteiger partial charge in [-0.2, -0.15) is 0 Å². The zero-order valence-electron chi connectivity index (χ0n) is 22.5. The molecular formula is C28H33N7O7. The molecule has 3 rings (SSSR count). The Hall–Kier alpha value is -5.24. The standard InChI is InChI=1S/C28H33N7O7/c29-20(10-17-6-8-19(36)9-7-17)25(38)33-22(12-18-14-31-15-32-18)27(40)34-21(11-16-4-2-1-3-5-16)26(39)35-23(28(41)42)13-24(30)37/h1-9,14-15,20-23,36H,10-13,29H2,(H2,30,37)(H,31,32)(H,33,38)(H,34,40)(H,35,39)(H,41,42). The Labute approximate surface area is 240 Å². The number of rotatable bonds is 15. The molecular weight excluding hydrogens is 546 g/mol. The number of carbonyl (C=O) groups excluding carboxylic acids is 4. The summed E-state index contributed by atoms with van der Waals surface area (Å²) in [6.45, 7) is 0. The van der Waals surface area contributed by atoms with Crippen LogP contribution in [0.25, 0.3) is 0 Å². The zero-order valence-corrected chi connectivity index (χ0v) is 22.5. The average molecular weight is 580 g/mol. The van der Waals surface area contributed by atoms with Crippen molar-refractivity contribution in [3.8, 4) is 5.75 Å². The Morgan fingerprint density at radius 1 is 0.786 bits per heavy atom. The molecule has 0 spiro atoms. The van der Waals surface area contributed by atoms with E-state index in [2.05, 4.69) is 25.9 Å². The fourth-order valence-corrected chi connectivity index (χ4v) is 4.09. The minimum absolute atomic E-state index is 0.0214. The molecule has 0 aliphatic heterocycles. The maximum absolute atomic E-state index is 13.5. The van der Waals surface area contributed by atoms with E-state index >= 15 is 0 Å². The number of aromatic hydroxyl groups is 1. The first-order chi connectivity index (χ1) is 20.0. The number of amides is 4. The number of aromatic nitrogens is 2. The van der Waals surface area contributed by atoms with E-state index in [1.165, 1.54) is 24.7 Å². The molecule has 2 aromatic carbocycles. The van der Waals surface area contributed by atoms with E-state index < -0.39 is 60.2 Å². The lowest BCUT2D eigenvalue weighted by Gasteiger charge is -2.25. The number of hydrogen-bond donors (Lipinski definition) is 8. The number of aromatic amines is 1. The van der Waals surface area contributed by atoms with Crippen LogP contribution in [0, 0.1) is 0 Å². The van der Waals surface area contributed by atoms with E-state index in [1.54, 1.807) is 42.5 Å². The first kappa shape index (κ1) is 31.3. The molecule has 4 unspecified atom stereocenters. The second-order valence-corrected chi connectivity index (χ2v) is 9.64. The van der Waals surface area contributed by atoms with Crippen LogP contribution in [0.3, 0.4) is 0 Å². The number of phenolic OH excluding ortho intramolecular Hbond substituents is 1. The quantitative estimate of drug-likeness (QED) is 0.109. The molecule has 14 heteroatoms. The third-order valence-corrected chi connectivity index (χ3v) is 6.28. The minimum Gasteiger partial charge on any atom is -0.508 e. The summed E-state index contributed by atoms with van der Waals surface area (Å²) in [5.41, 5.74) is 13.1. The summed E-state index contributed by atoms with van der Waals surface area (Å²) in [6.07, 6.45) is 2.30. The summed E-state index contributed by atoms with van der Waals surface area (Å²) in [5.74, 6) is -4.59. The molecule has 0 saturated carbocycles. The van der Waals surface area contributed by atoms with Gasteiger partial charge < -0.3 is 42.6 Å². The van der Waals surface area contributed by atoms with Gasteiger partial charge in [0.05, 0.1) is 18.8 Å². The summed E-state index contributed by atoms with van der Waals surface area (Å²) < 4.78 is 0. The van der Waals surface area contributed by atoms with Crippen molar-refractivity contribution in [1.29, 1.82) is 0 Å². The van der Waals surface area contributed by atoms with Gasteiger partial charge in [0.1, 0.15) is 23.9 Å². The number of nitrogens with zero attached hydrogens (tertiary/aromatic N) is 1. The van der Waals surface area contributed by atoms with E-state index in [1.807, 2.05) is 0 Å². The van der Waals surface area contributed by atoms with E-state index in [0.717, 1.165) is 0 Å². The first-order valence-electron chi connectivity index (χ1n) is 13.0. The number of carboxylic acids is 1. The number of benzene rings is 2. The van der Waals surface area contributed by atoms with Crippen LogP contribution in [0.1, 0.15) is 23.2 Å². The van der Waals surface area contributed by atoms with E-state index in [9.17, 15) is 34.2 Å². The highest BCUT2D eigenvalue weighted by molar-refractivity contribution is 5.95. The van der Waals surface area contributed by atoms with Gasteiger partial charge in [-0.3, -0.25) is 19.2 Å². The summed E-state index contributed by atoms with van der Waals surface area (Å²) in [4.78, 5) is 69.4. The van der Waals surface area contributed by atoms with Gasteiger partial charge in [0, 0.05) is 24.7 Å². The number of carboxylic acid groups (broad SMARTS) is 1. The van der Waals surface area contributed by atoms with Crippen LogP contribution < -0.4 is 27.4 Å². The molecule has 0 bridgehead atoms. The van der Waals surface area contributed by atoms with Crippen LogP contribution in [0.5, 0.6) is 5.75 Å². The van der Waals surface area contributed by atoms with Gasteiger partial charge in [-0.25, -0.2) is 9.78 Å². The lowest BCUT2D eigenvalue weighted by Crippen LogP contribution is -2.58. The lowest BCUT2D eigenvalue weighted by atomic mass is 10.0. The summed E-state index contributed by atoms with van der Waals surface area (Å²) >= 11 is 0. The van der Waals surface area contributed by atoms with Crippen LogP contribution in [-0.4, -0.2) is 73.9 Å². The van der Waals surface area contributed by atoms with Gasteiger partial charge in [-0.1, -0.05) is 42.5 Å². The molecule has 222 valence electrons. The van der Waals surface area contributed by atoms with Crippen molar-refractivity contribution in [2.75, 3.05) is 0 Å². The number of carbonyl (C=O) groups is 5. The van der Waals surface area contributed by atoms with Gasteiger partial charge in [-0.15, -0.1) is 0 Å². The van der Waals surface area contributed by atoms with Crippen LogP contribution in [0.4, 0.5) is 0 Å². The molecule has 42 heavy (non-hydrogen) atoms. The van der Waals surface area contributed by atoms with Gasteiger partial charge in [-0.05, 0) is 29.7 Å². The molecule has 1 aromatic heterocycles. The molecule has 0 aliphatic carbocycles. The number of hydrogen-bond acceptors (Lipinski definition) is 8. The number of imidazole rings is 1. The predicted octanol–water partition coefficient (Wildman–Crippen LogP) is -1.12. The van der Waals surface area contributed by atoms with Crippen molar-refractivity contribution in [2.45, 2.75) is 49.9 Å². The number of primary amides is 1. The fourth-order valence-electron chi connectivity index (χ4n) is 4.09. The van der Waals surface area contributed by atoms with Crippen LogP contribution in [0.2, 0.25) is 0 Å². The highest BCUT2D eigenvalue weighted by atomic mass is 16.4. The predicted molar refractivity (Wildman–Crippen MR) is 149 cm³/mol. The Balaban J connectivity index is 1.79. The number of nitrogens with one attached hydrogen (secondary N) is 4. The maximum Gasteiger partial charge on any atom is 0.326 e. The third kappa shape index (κ3) is 9.75. The SMILES string of the molecule is NC(=O)CC(NC(=O)C(Cc1ccccc1)NC(=O)C(Cc1cnc[nH]1)NC(=O)C(N)Cc1ccc(O)cc1)C(=O)O. The molecule has 0 fully saturated rings. The second-order valence-electron chi connectivity index (χ2n) is 9.64. The Kier molecular flexibility index (Phi) is 11.1. The summed E-state index contributed by atoms with van der Waals surface area (Å²) in [7, 11) is 0. The number of H-pyrrole nitrogens is 1. The topological polar surface area (TPSA) is 243 Å². The maximum atomic E-state index is 13.5. The van der Waals surface area contributed by atoms with Crippen LogP contribution in [-0.2, 0) is 43.2 Å². The molecule has 4 atom stereocenters. The molecule has 4 amide bonds. The summed E-state index contributed by atoms with van der Waals surface area (Å²) in [5, 5.41) is 26.4. The highest BCUT2D eigenvalue weighted by Gasteiger charge is 2.31. The normalized spacial score (nSPS) is 13.6. The van der Waals surface area contributed by atoms with Crippen LogP contribution >= 0.6 is 0 Å². The van der Waals surface area contributed by atoms with E-state index in [0.29, 0.717) is 16.8 Å². The molecule has 3 aromatic rings. The van der Waals surface area contributed by atoms with Crippen molar-refractivity contribution >= 4 is 29.6 Å². The van der Waals surface area contributed by atoms with Gasteiger partial charge in [0.2, 0.25) is 23.6 Å². The number of aliphatic carboxylic acids is 1.